The van der Waals surface area contributed by atoms with E-state index >= 15 is 0 Å². The zero-order chi connectivity index (χ0) is 17.4. The summed E-state index contributed by atoms with van der Waals surface area (Å²) in [5.41, 5.74) is -4.42. The number of ketones is 1. The largest absolute Gasteiger partial charge is 0.416 e. The summed E-state index contributed by atoms with van der Waals surface area (Å²) in [4.78, 5) is 13.8. The summed E-state index contributed by atoms with van der Waals surface area (Å²) in [6.07, 6.45) is -9.85. The van der Waals surface area contributed by atoms with Gasteiger partial charge in [-0.25, -0.2) is 5.01 Å². The lowest BCUT2D eigenvalue weighted by Gasteiger charge is -2.28. The lowest BCUT2D eigenvalue weighted by Crippen LogP contribution is -2.46. The molecule has 1 aromatic carbocycles. The second-order valence-corrected chi connectivity index (χ2v) is 5.66. The van der Waals surface area contributed by atoms with Crippen LogP contribution in [-0.4, -0.2) is 27.9 Å². The number of Topliss-reactive ketones (excluding diaryl/α,β-unsaturated/α-hetero) is 1. The van der Waals surface area contributed by atoms with E-state index < -0.39 is 34.7 Å². The normalized spacial score (nSPS) is 20.8. The van der Waals surface area contributed by atoms with Crippen LogP contribution in [0.5, 0.6) is 0 Å². The molecule has 1 aliphatic heterocycles. The summed E-state index contributed by atoms with van der Waals surface area (Å²) in [6.45, 7) is -0.704. The van der Waals surface area contributed by atoms with Crippen molar-refractivity contribution in [2.24, 2.45) is 0 Å². The van der Waals surface area contributed by atoms with Gasteiger partial charge in [0.2, 0.25) is 0 Å². The summed E-state index contributed by atoms with van der Waals surface area (Å²) < 4.78 is 76.4. The van der Waals surface area contributed by atoms with Crippen molar-refractivity contribution in [2.75, 3.05) is 6.54 Å². The van der Waals surface area contributed by atoms with E-state index in [4.69, 9.17) is 0 Å². The van der Waals surface area contributed by atoms with Crippen molar-refractivity contribution in [3.8, 4) is 0 Å². The van der Waals surface area contributed by atoms with Gasteiger partial charge in [-0.1, -0.05) is 0 Å². The molecule has 0 amide bonds. The van der Waals surface area contributed by atoms with Crippen LogP contribution in [0.2, 0.25) is 0 Å². The van der Waals surface area contributed by atoms with E-state index in [2.05, 4.69) is 4.83 Å². The van der Waals surface area contributed by atoms with E-state index in [0.29, 0.717) is 24.1 Å². The first kappa shape index (κ1) is 18.0. The van der Waals surface area contributed by atoms with Gasteiger partial charge in [0.1, 0.15) is 0 Å². The molecule has 1 unspecified atom stereocenters. The highest BCUT2D eigenvalue weighted by Crippen LogP contribution is 2.36. The van der Waals surface area contributed by atoms with Crippen molar-refractivity contribution in [1.29, 1.82) is 0 Å². The molecule has 0 aliphatic carbocycles. The second-order valence-electron chi connectivity index (χ2n) is 4.80. The summed E-state index contributed by atoms with van der Waals surface area (Å²) in [7, 11) is 0. The number of hydrogen-bond acceptors (Lipinski definition) is 5. The van der Waals surface area contributed by atoms with E-state index in [-0.39, 0.29) is 24.7 Å². The van der Waals surface area contributed by atoms with Crippen molar-refractivity contribution in [1.82, 2.24) is 9.84 Å². The molecule has 128 valence electrons. The molecular formula is C12H10F6N2O2S. The number of benzene rings is 1. The molecule has 2 N–H and O–H groups in total. The van der Waals surface area contributed by atoms with E-state index in [0.717, 1.165) is 5.01 Å². The molecule has 1 heterocycles. The Morgan fingerprint density at radius 1 is 1.13 bits per heavy atom. The number of alkyl halides is 6. The van der Waals surface area contributed by atoms with Gasteiger partial charge in [-0.2, -0.15) is 31.2 Å². The summed E-state index contributed by atoms with van der Waals surface area (Å²) in [5, 5.41) is 10.3. The Morgan fingerprint density at radius 3 is 2.09 bits per heavy atom. The molecule has 1 saturated heterocycles. The van der Waals surface area contributed by atoms with Crippen molar-refractivity contribution >= 4 is 17.7 Å². The van der Waals surface area contributed by atoms with Gasteiger partial charge in [0.05, 0.1) is 17.7 Å². The fourth-order valence-electron chi connectivity index (χ4n) is 1.91. The van der Waals surface area contributed by atoms with Crippen LogP contribution < -0.4 is 4.83 Å². The summed E-state index contributed by atoms with van der Waals surface area (Å²) in [5.74, 6) is -0.600. The van der Waals surface area contributed by atoms with Gasteiger partial charge in [-0.15, -0.1) is 0 Å². The van der Waals surface area contributed by atoms with Gasteiger partial charge in [-0.3, -0.25) is 4.79 Å². The van der Waals surface area contributed by atoms with E-state index in [9.17, 15) is 36.2 Å². The summed E-state index contributed by atoms with van der Waals surface area (Å²) in [6, 6.07) is 1.23. The first-order valence-corrected chi connectivity index (χ1v) is 7.00. The molecule has 23 heavy (non-hydrogen) atoms. The fourth-order valence-corrected chi connectivity index (χ4v) is 2.49. The predicted octanol–water partition coefficient (Wildman–Crippen LogP) is 2.58. The van der Waals surface area contributed by atoms with Crippen molar-refractivity contribution in [3.05, 3.63) is 34.9 Å². The molecular weight excluding hydrogens is 350 g/mol. The number of aliphatic hydroxyl groups excluding tert-OH is 1. The molecule has 11 heteroatoms. The maximum absolute atomic E-state index is 12.7. The van der Waals surface area contributed by atoms with E-state index in [1.165, 1.54) is 0 Å². The third-order valence-corrected chi connectivity index (χ3v) is 3.79. The highest BCUT2D eigenvalue weighted by molar-refractivity contribution is 7.98. The summed E-state index contributed by atoms with van der Waals surface area (Å²) >= 11 is 0.610. The minimum absolute atomic E-state index is 0.0385. The molecule has 0 radical (unpaired) electrons. The lowest BCUT2D eigenvalue weighted by atomic mass is 10.0. The molecule has 1 aromatic rings. The number of carbonyl (C=O) groups is 1. The predicted molar refractivity (Wildman–Crippen MR) is 68.6 cm³/mol. The number of halogens is 6. The zero-order valence-electron chi connectivity index (χ0n) is 11.2. The fraction of sp³-hybridized carbons (Fsp3) is 0.417. The minimum atomic E-state index is -4.92. The van der Waals surface area contributed by atoms with E-state index in [1.807, 2.05) is 0 Å². The second kappa shape index (κ2) is 6.30. The van der Waals surface area contributed by atoms with Gasteiger partial charge in [0.25, 0.3) is 0 Å². The smallest absolute Gasteiger partial charge is 0.374 e. The van der Waals surface area contributed by atoms with Gasteiger partial charge < -0.3 is 5.11 Å². The van der Waals surface area contributed by atoms with Crippen LogP contribution in [0.25, 0.3) is 0 Å². The quantitative estimate of drug-likeness (QED) is 0.627. The number of hydrogen-bond donors (Lipinski definition) is 2. The monoisotopic (exact) mass is 360 g/mol. The SMILES string of the molecule is O=C1CN(Cc2cc(C(F)(F)F)cc(C(F)(F)F)c2)NSC1O. The van der Waals surface area contributed by atoms with Gasteiger partial charge in [0.15, 0.2) is 11.2 Å². The third kappa shape index (κ3) is 4.59. The van der Waals surface area contributed by atoms with Crippen LogP contribution in [0.15, 0.2) is 18.2 Å². The number of aliphatic hydroxyl groups is 1. The maximum atomic E-state index is 12.7. The Hall–Kier alpha value is -1.30. The maximum Gasteiger partial charge on any atom is 0.416 e. The van der Waals surface area contributed by atoms with E-state index in [1.54, 1.807) is 0 Å². The first-order chi connectivity index (χ1) is 10.5. The standard InChI is InChI=1S/C12H10F6N2O2S/c13-11(14,15)7-1-6(2-8(3-7)12(16,17)18)4-20-5-9(21)10(22)23-19-20/h1-3,10,19,22H,4-5H2. The van der Waals surface area contributed by atoms with Crippen LogP contribution >= 0.6 is 11.9 Å². The van der Waals surface area contributed by atoms with Crippen LogP contribution in [0.1, 0.15) is 16.7 Å². The van der Waals surface area contributed by atoms with Crippen molar-refractivity contribution in [2.45, 2.75) is 24.3 Å². The Bertz CT molecular complexity index is 572. The highest BCUT2D eigenvalue weighted by atomic mass is 32.2. The number of carbonyl (C=O) groups excluding carboxylic acids is 1. The van der Waals surface area contributed by atoms with Gasteiger partial charge >= 0.3 is 12.4 Å². The molecule has 1 aliphatic rings. The number of nitrogens with zero attached hydrogens (tertiary/aromatic N) is 1. The number of nitrogens with one attached hydrogen (secondary N) is 1. The average molecular weight is 360 g/mol. The van der Waals surface area contributed by atoms with Crippen molar-refractivity contribution in [3.63, 3.8) is 0 Å². The van der Waals surface area contributed by atoms with Crippen LogP contribution in [0.4, 0.5) is 26.3 Å². The average Bonchev–Trinajstić information content (AvgIpc) is 2.41. The first-order valence-electron chi connectivity index (χ1n) is 6.12. The third-order valence-electron chi connectivity index (χ3n) is 2.94. The van der Waals surface area contributed by atoms with Crippen molar-refractivity contribution < 1.29 is 36.2 Å². The van der Waals surface area contributed by atoms with Crippen LogP contribution in [-0.2, 0) is 23.7 Å². The Balaban J connectivity index is 2.29. The van der Waals surface area contributed by atoms with Gasteiger partial charge in [-0.05, 0) is 35.7 Å². The molecule has 0 aromatic heterocycles. The van der Waals surface area contributed by atoms with Gasteiger partial charge in [0, 0.05) is 6.54 Å². The number of rotatable bonds is 2. The molecule has 1 atom stereocenters. The lowest BCUT2D eigenvalue weighted by molar-refractivity contribution is -0.143. The Labute approximate surface area is 130 Å². The molecule has 0 bridgehead atoms. The Kier molecular flexibility index (Phi) is 4.95. The molecule has 2 rings (SSSR count). The minimum Gasteiger partial charge on any atom is -0.374 e. The highest BCUT2D eigenvalue weighted by Gasteiger charge is 2.37. The van der Waals surface area contributed by atoms with Crippen LogP contribution in [0, 0.1) is 0 Å². The zero-order valence-corrected chi connectivity index (χ0v) is 12.0. The Morgan fingerprint density at radius 2 is 1.65 bits per heavy atom. The molecule has 1 fully saturated rings. The van der Waals surface area contributed by atoms with Crippen LogP contribution in [0.3, 0.4) is 0 Å². The molecule has 4 nitrogen and oxygen atoms in total. The molecule has 0 spiro atoms. The topological polar surface area (TPSA) is 52.6 Å². The number of hydrazine groups is 1. The molecule has 0 saturated carbocycles.